The van der Waals surface area contributed by atoms with E-state index in [1.54, 1.807) is 10.3 Å². The van der Waals surface area contributed by atoms with Gasteiger partial charge >= 0.3 is 0 Å². The van der Waals surface area contributed by atoms with E-state index in [9.17, 15) is 0 Å². The summed E-state index contributed by atoms with van der Waals surface area (Å²) in [7, 11) is 0. The molecule has 0 spiro atoms. The molecule has 0 unspecified atom stereocenters. The Hall–Kier alpha value is -0.340. The predicted octanol–water partition coefficient (Wildman–Crippen LogP) is 4.78. The number of aryl methyl sites for hydroxylation is 2. The fourth-order valence-electron chi connectivity index (χ4n) is 1.79. The molecular formula is C12H16S2. The van der Waals surface area contributed by atoms with Crippen LogP contribution in [0.25, 0.3) is 9.40 Å². The Morgan fingerprint density at radius 1 is 1.21 bits per heavy atom. The van der Waals surface area contributed by atoms with Crippen LogP contribution in [0.3, 0.4) is 0 Å². The molecule has 0 nitrogen and oxygen atoms in total. The molecule has 0 bridgehead atoms. The monoisotopic (exact) mass is 224 g/mol. The molecule has 0 atom stereocenters. The summed E-state index contributed by atoms with van der Waals surface area (Å²) in [5, 5.41) is 2.28. The first-order chi connectivity index (χ1) is 6.59. The molecule has 2 aromatic rings. The number of thiophene rings is 2. The molecule has 2 heterocycles. The van der Waals surface area contributed by atoms with Crippen LogP contribution in [-0.4, -0.2) is 0 Å². The molecule has 0 fully saturated rings. The van der Waals surface area contributed by atoms with Crippen LogP contribution in [0.2, 0.25) is 0 Å². The van der Waals surface area contributed by atoms with Crippen LogP contribution in [0.15, 0.2) is 5.38 Å². The van der Waals surface area contributed by atoms with Crippen LogP contribution >= 0.6 is 22.7 Å². The minimum Gasteiger partial charge on any atom is -0.142 e. The van der Waals surface area contributed by atoms with Crippen LogP contribution in [0.1, 0.15) is 29.9 Å². The summed E-state index contributed by atoms with van der Waals surface area (Å²) in [5.41, 5.74) is 3.05. The highest BCUT2D eigenvalue weighted by atomic mass is 32.1. The van der Waals surface area contributed by atoms with E-state index in [0.717, 1.165) is 5.92 Å². The lowest BCUT2D eigenvalue weighted by atomic mass is 10.0. The molecule has 0 aliphatic heterocycles. The molecule has 0 saturated heterocycles. The predicted molar refractivity (Wildman–Crippen MR) is 67.7 cm³/mol. The van der Waals surface area contributed by atoms with E-state index in [-0.39, 0.29) is 0 Å². The Balaban J connectivity index is 2.56. The third-order valence-electron chi connectivity index (χ3n) is 2.48. The maximum Gasteiger partial charge on any atom is 0.0488 e. The second kappa shape index (κ2) is 3.67. The van der Waals surface area contributed by atoms with Crippen molar-refractivity contribution in [1.82, 2.24) is 0 Å². The largest absolute Gasteiger partial charge is 0.142 e. The van der Waals surface area contributed by atoms with E-state index >= 15 is 0 Å². The van der Waals surface area contributed by atoms with Crippen LogP contribution in [0.5, 0.6) is 0 Å². The SMILES string of the molecule is Cc1sc2c(C)csc2c1CC(C)C. The Morgan fingerprint density at radius 3 is 2.57 bits per heavy atom. The van der Waals surface area contributed by atoms with Crippen molar-refractivity contribution in [3.05, 3.63) is 21.4 Å². The van der Waals surface area contributed by atoms with Crippen molar-refractivity contribution < 1.29 is 0 Å². The first kappa shape index (κ1) is 10.2. The third kappa shape index (κ3) is 1.61. The zero-order valence-corrected chi connectivity index (χ0v) is 10.8. The highest BCUT2D eigenvalue weighted by molar-refractivity contribution is 7.27. The van der Waals surface area contributed by atoms with Gasteiger partial charge < -0.3 is 0 Å². The highest BCUT2D eigenvalue weighted by Gasteiger charge is 2.13. The smallest absolute Gasteiger partial charge is 0.0488 e. The van der Waals surface area contributed by atoms with Gasteiger partial charge in [0.25, 0.3) is 0 Å². The lowest BCUT2D eigenvalue weighted by molar-refractivity contribution is 0.650. The number of hydrogen-bond acceptors (Lipinski definition) is 2. The van der Waals surface area contributed by atoms with Gasteiger partial charge in [-0.05, 0) is 42.7 Å². The second-order valence-corrected chi connectivity index (χ2v) is 6.42. The van der Waals surface area contributed by atoms with Crippen molar-refractivity contribution in [2.75, 3.05) is 0 Å². The van der Waals surface area contributed by atoms with E-state index in [1.807, 2.05) is 22.7 Å². The zero-order valence-electron chi connectivity index (χ0n) is 9.18. The van der Waals surface area contributed by atoms with Gasteiger partial charge in [-0.15, -0.1) is 22.7 Å². The van der Waals surface area contributed by atoms with Gasteiger partial charge in [0, 0.05) is 14.3 Å². The molecule has 0 amide bonds. The molecule has 0 aliphatic carbocycles. The zero-order chi connectivity index (χ0) is 10.3. The van der Waals surface area contributed by atoms with Gasteiger partial charge in [0.05, 0.1) is 0 Å². The molecule has 0 aliphatic rings. The number of hydrogen-bond donors (Lipinski definition) is 0. The maximum atomic E-state index is 2.30. The molecule has 2 aromatic heterocycles. The fourth-order valence-corrected chi connectivity index (χ4v) is 4.31. The first-order valence-corrected chi connectivity index (χ1v) is 6.75. The molecule has 0 aromatic carbocycles. The third-order valence-corrected chi connectivity index (χ3v) is 5.05. The van der Waals surface area contributed by atoms with Crippen LogP contribution in [0.4, 0.5) is 0 Å². The van der Waals surface area contributed by atoms with E-state index in [4.69, 9.17) is 0 Å². The lowest BCUT2D eigenvalue weighted by Gasteiger charge is -2.03. The Morgan fingerprint density at radius 2 is 1.93 bits per heavy atom. The van der Waals surface area contributed by atoms with E-state index in [0.29, 0.717) is 0 Å². The minimum absolute atomic E-state index is 0.758. The van der Waals surface area contributed by atoms with Crippen molar-refractivity contribution >= 4 is 32.1 Å². The molecule has 0 radical (unpaired) electrons. The Kier molecular flexibility index (Phi) is 2.67. The van der Waals surface area contributed by atoms with Gasteiger partial charge in [0.15, 0.2) is 0 Å². The Bertz CT molecular complexity index is 446. The summed E-state index contributed by atoms with van der Waals surface area (Å²) < 4.78 is 3.06. The number of rotatable bonds is 2. The van der Waals surface area contributed by atoms with Crippen molar-refractivity contribution in [1.29, 1.82) is 0 Å². The average Bonchev–Trinajstić information content (AvgIpc) is 2.57. The van der Waals surface area contributed by atoms with Crippen molar-refractivity contribution in [2.24, 2.45) is 5.92 Å². The second-order valence-electron chi connectivity index (χ2n) is 4.31. The fraction of sp³-hybridized carbons (Fsp3) is 0.500. The standard InChI is InChI=1S/C12H16S2/c1-7(2)5-10-9(4)14-11-8(3)6-13-12(10)11/h6-7H,5H2,1-4H3. The summed E-state index contributed by atoms with van der Waals surface area (Å²) in [6, 6.07) is 0. The summed E-state index contributed by atoms with van der Waals surface area (Å²) in [4.78, 5) is 1.52. The quantitative estimate of drug-likeness (QED) is 0.689. The lowest BCUT2D eigenvalue weighted by Crippen LogP contribution is -1.93. The molecule has 2 rings (SSSR count). The van der Waals surface area contributed by atoms with Gasteiger partial charge in [0.1, 0.15) is 0 Å². The summed E-state index contributed by atoms with van der Waals surface area (Å²) in [5.74, 6) is 0.758. The molecular weight excluding hydrogens is 208 g/mol. The molecule has 76 valence electrons. The molecule has 14 heavy (non-hydrogen) atoms. The topological polar surface area (TPSA) is 0 Å². The van der Waals surface area contributed by atoms with Crippen molar-refractivity contribution in [3.63, 3.8) is 0 Å². The normalized spacial score (nSPS) is 11.8. The van der Waals surface area contributed by atoms with Crippen LogP contribution < -0.4 is 0 Å². The summed E-state index contributed by atoms with van der Waals surface area (Å²) >= 11 is 3.88. The highest BCUT2D eigenvalue weighted by Crippen LogP contribution is 2.38. The van der Waals surface area contributed by atoms with E-state index in [2.05, 4.69) is 33.1 Å². The molecule has 2 heteroatoms. The average molecular weight is 224 g/mol. The van der Waals surface area contributed by atoms with E-state index < -0.39 is 0 Å². The van der Waals surface area contributed by atoms with Gasteiger partial charge in [-0.2, -0.15) is 0 Å². The van der Waals surface area contributed by atoms with Gasteiger partial charge in [-0.1, -0.05) is 13.8 Å². The summed E-state index contributed by atoms with van der Waals surface area (Å²) in [6.07, 6.45) is 1.23. The van der Waals surface area contributed by atoms with Crippen LogP contribution in [-0.2, 0) is 6.42 Å². The number of fused-ring (bicyclic) bond motifs is 1. The Labute approximate surface area is 93.6 Å². The molecule has 0 saturated carbocycles. The van der Waals surface area contributed by atoms with Crippen LogP contribution in [0, 0.1) is 19.8 Å². The maximum absolute atomic E-state index is 2.30. The van der Waals surface area contributed by atoms with Gasteiger partial charge in [-0.25, -0.2) is 0 Å². The first-order valence-electron chi connectivity index (χ1n) is 5.05. The van der Waals surface area contributed by atoms with Gasteiger partial charge in [-0.3, -0.25) is 0 Å². The minimum atomic E-state index is 0.758. The van der Waals surface area contributed by atoms with Crippen molar-refractivity contribution in [2.45, 2.75) is 34.1 Å². The van der Waals surface area contributed by atoms with Crippen molar-refractivity contribution in [3.8, 4) is 0 Å². The molecule has 0 N–H and O–H groups in total. The van der Waals surface area contributed by atoms with E-state index in [1.165, 1.54) is 21.6 Å². The summed E-state index contributed by atoms with van der Waals surface area (Å²) in [6.45, 7) is 9.06. The van der Waals surface area contributed by atoms with Gasteiger partial charge in [0.2, 0.25) is 0 Å².